The summed E-state index contributed by atoms with van der Waals surface area (Å²) in [5.74, 6) is 2.43. The van der Waals surface area contributed by atoms with Crippen LogP contribution in [0.25, 0.3) is 10.8 Å². The van der Waals surface area contributed by atoms with Gasteiger partial charge in [-0.15, -0.1) is 16.4 Å². The molecule has 0 bridgehead atoms. The van der Waals surface area contributed by atoms with Gasteiger partial charge in [-0.2, -0.15) is 9.67 Å². The van der Waals surface area contributed by atoms with Crippen LogP contribution in [0.15, 0.2) is 11.6 Å². The molecule has 6 nitrogen and oxygen atoms in total. The fourth-order valence-electron chi connectivity index (χ4n) is 2.08. The number of nitrogens with zero attached hydrogens (tertiary/aromatic N) is 5. The van der Waals surface area contributed by atoms with E-state index in [2.05, 4.69) is 19.5 Å². The number of nitrogens with two attached hydrogens (primary N) is 1. The number of imidazole rings is 1. The number of hydrogen-bond acceptors (Lipinski definition) is 5. The van der Waals surface area contributed by atoms with E-state index in [1.54, 1.807) is 16.0 Å². The summed E-state index contributed by atoms with van der Waals surface area (Å²) in [6.45, 7) is 4.40. The van der Waals surface area contributed by atoms with Gasteiger partial charge in [0.2, 0.25) is 0 Å². The van der Waals surface area contributed by atoms with Crippen LogP contribution in [0.2, 0.25) is 0 Å². The lowest BCUT2D eigenvalue weighted by Gasteiger charge is -2.03. The Morgan fingerprint density at radius 3 is 2.83 bits per heavy atom. The molecule has 0 amide bonds. The highest BCUT2D eigenvalue weighted by atomic mass is 32.1. The lowest BCUT2D eigenvalue weighted by molar-refractivity contribution is 0.784. The number of aromatic nitrogens is 5. The molecular weight excluding hydrogens is 248 g/mol. The maximum Gasteiger partial charge on any atom is 0.195 e. The first-order chi connectivity index (χ1) is 8.70. The minimum absolute atomic E-state index is 0.587. The zero-order chi connectivity index (χ0) is 12.7. The fraction of sp³-hybridized carbons (Fsp3) is 0.364. The third kappa shape index (κ3) is 1.63. The highest BCUT2D eigenvalue weighted by molar-refractivity contribution is 7.15. The summed E-state index contributed by atoms with van der Waals surface area (Å²) >= 11 is 1.61. The average Bonchev–Trinajstić information content (AvgIpc) is 2.96. The molecule has 0 aliphatic carbocycles. The van der Waals surface area contributed by atoms with E-state index >= 15 is 0 Å². The van der Waals surface area contributed by atoms with Crippen LogP contribution in [-0.4, -0.2) is 30.7 Å². The van der Waals surface area contributed by atoms with Crippen LogP contribution in [0.4, 0.5) is 0 Å². The van der Waals surface area contributed by atoms with E-state index in [4.69, 9.17) is 5.73 Å². The van der Waals surface area contributed by atoms with Crippen LogP contribution in [-0.2, 0) is 6.42 Å². The van der Waals surface area contributed by atoms with Crippen molar-refractivity contribution in [2.75, 3.05) is 6.54 Å². The normalized spacial score (nSPS) is 11.5. The summed E-state index contributed by atoms with van der Waals surface area (Å²) in [5.41, 5.74) is 6.77. The SMILES string of the molecule is Cc1nc(C)n(-c2nc3sccn3c2CCN)n1. The lowest BCUT2D eigenvalue weighted by atomic mass is 10.3. The predicted molar refractivity (Wildman–Crippen MR) is 70.2 cm³/mol. The molecule has 7 heteroatoms. The molecule has 94 valence electrons. The molecule has 3 aromatic heterocycles. The Hall–Kier alpha value is -1.73. The van der Waals surface area contributed by atoms with Gasteiger partial charge in [-0.3, -0.25) is 4.40 Å². The maximum absolute atomic E-state index is 5.69. The van der Waals surface area contributed by atoms with Crippen LogP contribution in [0, 0.1) is 13.8 Å². The molecule has 3 rings (SSSR count). The topological polar surface area (TPSA) is 74.0 Å². The number of aryl methyl sites for hydroxylation is 2. The molecule has 0 aromatic carbocycles. The van der Waals surface area contributed by atoms with Crippen molar-refractivity contribution in [1.29, 1.82) is 0 Å². The van der Waals surface area contributed by atoms with Gasteiger partial charge in [-0.1, -0.05) is 0 Å². The Morgan fingerprint density at radius 2 is 2.17 bits per heavy atom. The van der Waals surface area contributed by atoms with Crippen molar-refractivity contribution in [3.05, 3.63) is 28.9 Å². The Balaban J connectivity index is 2.24. The first-order valence-electron chi connectivity index (χ1n) is 5.76. The van der Waals surface area contributed by atoms with E-state index in [0.717, 1.165) is 34.5 Å². The van der Waals surface area contributed by atoms with E-state index in [0.29, 0.717) is 6.54 Å². The zero-order valence-corrected chi connectivity index (χ0v) is 11.1. The molecule has 0 radical (unpaired) electrons. The van der Waals surface area contributed by atoms with E-state index in [-0.39, 0.29) is 0 Å². The molecule has 18 heavy (non-hydrogen) atoms. The van der Waals surface area contributed by atoms with Gasteiger partial charge in [0.05, 0.1) is 5.69 Å². The largest absolute Gasteiger partial charge is 0.330 e. The minimum atomic E-state index is 0.587. The highest BCUT2D eigenvalue weighted by Crippen LogP contribution is 2.21. The second-order valence-electron chi connectivity index (χ2n) is 4.09. The Morgan fingerprint density at radius 1 is 1.33 bits per heavy atom. The fourth-order valence-corrected chi connectivity index (χ4v) is 2.81. The third-order valence-corrected chi connectivity index (χ3v) is 3.55. The Labute approximate surface area is 108 Å². The van der Waals surface area contributed by atoms with E-state index in [1.807, 2.05) is 25.4 Å². The first kappa shape index (κ1) is 11.4. The molecule has 0 fully saturated rings. The van der Waals surface area contributed by atoms with Crippen LogP contribution in [0.3, 0.4) is 0 Å². The van der Waals surface area contributed by atoms with Gasteiger partial charge in [0.15, 0.2) is 10.8 Å². The van der Waals surface area contributed by atoms with E-state index < -0.39 is 0 Å². The van der Waals surface area contributed by atoms with Crippen molar-refractivity contribution in [2.24, 2.45) is 5.73 Å². The summed E-state index contributed by atoms with van der Waals surface area (Å²) in [6.07, 6.45) is 2.78. The van der Waals surface area contributed by atoms with Gasteiger partial charge in [0.25, 0.3) is 0 Å². The van der Waals surface area contributed by atoms with E-state index in [9.17, 15) is 0 Å². The quantitative estimate of drug-likeness (QED) is 0.767. The molecule has 0 saturated carbocycles. The van der Waals surface area contributed by atoms with Crippen molar-refractivity contribution < 1.29 is 0 Å². The molecule has 0 unspecified atom stereocenters. The lowest BCUT2D eigenvalue weighted by Crippen LogP contribution is -2.10. The van der Waals surface area contributed by atoms with Gasteiger partial charge < -0.3 is 5.73 Å². The van der Waals surface area contributed by atoms with Crippen molar-refractivity contribution in [3.63, 3.8) is 0 Å². The second-order valence-corrected chi connectivity index (χ2v) is 4.97. The standard InChI is InChI=1S/C11H14N6S/c1-7-13-8(2)17(15-7)10-9(3-4-12)16-5-6-18-11(16)14-10/h5-6H,3-4,12H2,1-2H3. The molecule has 0 atom stereocenters. The predicted octanol–water partition coefficient (Wildman–Crippen LogP) is 1.09. The second kappa shape index (κ2) is 4.18. The maximum atomic E-state index is 5.69. The summed E-state index contributed by atoms with van der Waals surface area (Å²) in [6, 6.07) is 0. The highest BCUT2D eigenvalue weighted by Gasteiger charge is 2.17. The molecule has 0 saturated heterocycles. The van der Waals surface area contributed by atoms with Gasteiger partial charge in [-0.05, 0) is 20.4 Å². The smallest absolute Gasteiger partial charge is 0.195 e. The van der Waals surface area contributed by atoms with Crippen LogP contribution in [0.5, 0.6) is 0 Å². The van der Waals surface area contributed by atoms with Crippen molar-refractivity contribution in [2.45, 2.75) is 20.3 Å². The molecule has 3 aromatic rings. The summed E-state index contributed by atoms with van der Waals surface area (Å²) in [4.78, 5) is 9.90. The van der Waals surface area contributed by atoms with Crippen LogP contribution in [0.1, 0.15) is 17.3 Å². The first-order valence-corrected chi connectivity index (χ1v) is 6.64. The Bertz CT molecular complexity index is 692. The van der Waals surface area contributed by atoms with Crippen molar-refractivity contribution >= 4 is 16.3 Å². The van der Waals surface area contributed by atoms with Crippen LogP contribution >= 0.6 is 11.3 Å². The molecule has 0 aliphatic rings. The molecule has 0 spiro atoms. The zero-order valence-electron chi connectivity index (χ0n) is 10.3. The third-order valence-electron chi connectivity index (χ3n) is 2.80. The van der Waals surface area contributed by atoms with Gasteiger partial charge in [-0.25, -0.2) is 4.98 Å². The molecule has 2 N–H and O–H groups in total. The summed E-state index contributed by atoms with van der Waals surface area (Å²) < 4.78 is 3.86. The minimum Gasteiger partial charge on any atom is -0.330 e. The number of hydrogen-bond donors (Lipinski definition) is 1. The molecule has 3 heterocycles. The Kier molecular flexibility index (Phi) is 2.64. The monoisotopic (exact) mass is 262 g/mol. The van der Waals surface area contributed by atoms with E-state index in [1.165, 1.54) is 0 Å². The molecular formula is C11H14N6S. The number of fused-ring (bicyclic) bond motifs is 1. The number of thiazole rings is 1. The summed E-state index contributed by atoms with van der Waals surface area (Å²) in [5, 5.41) is 6.41. The van der Waals surface area contributed by atoms with Gasteiger partial charge in [0.1, 0.15) is 11.6 Å². The van der Waals surface area contributed by atoms with Gasteiger partial charge >= 0.3 is 0 Å². The molecule has 0 aliphatic heterocycles. The van der Waals surface area contributed by atoms with Gasteiger partial charge in [0, 0.05) is 18.0 Å². The van der Waals surface area contributed by atoms with Crippen LogP contribution < -0.4 is 5.73 Å². The average molecular weight is 262 g/mol. The number of rotatable bonds is 3. The van der Waals surface area contributed by atoms with Crippen molar-refractivity contribution in [1.82, 2.24) is 24.1 Å². The summed E-state index contributed by atoms with van der Waals surface area (Å²) in [7, 11) is 0. The van der Waals surface area contributed by atoms with Crippen molar-refractivity contribution in [3.8, 4) is 5.82 Å².